The molecule has 4 aromatic rings. The highest BCUT2D eigenvalue weighted by Crippen LogP contribution is 2.23. The van der Waals surface area contributed by atoms with Crippen molar-refractivity contribution < 1.29 is 4.79 Å². The average Bonchev–Trinajstić information content (AvgIpc) is 3.11. The number of H-pyrrole nitrogens is 1. The highest BCUT2D eigenvalue weighted by Gasteiger charge is 2.20. The Morgan fingerprint density at radius 2 is 1.48 bits per heavy atom. The Morgan fingerprint density at radius 1 is 0.840 bits per heavy atom. The maximum Gasteiger partial charge on any atom is 0.252 e. The smallest absolute Gasteiger partial charge is 0.252 e. The molecule has 3 aromatic carbocycles. The van der Waals surface area contributed by atoms with Crippen LogP contribution in [0.25, 0.3) is 11.0 Å². The van der Waals surface area contributed by atoms with Gasteiger partial charge in [-0.25, -0.2) is 4.98 Å². The van der Waals surface area contributed by atoms with Crippen LogP contribution in [-0.4, -0.2) is 15.9 Å². The number of hydrogen-bond acceptors (Lipinski definition) is 2. The first-order chi connectivity index (χ1) is 12.3. The topological polar surface area (TPSA) is 57.8 Å². The van der Waals surface area contributed by atoms with E-state index in [4.69, 9.17) is 0 Å². The van der Waals surface area contributed by atoms with Crippen molar-refractivity contribution in [3.8, 4) is 0 Å². The first-order valence-corrected chi connectivity index (χ1v) is 8.17. The van der Waals surface area contributed by atoms with Gasteiger partial charge >= 0.3 is 0 Å². The van der Waals surface area contributed by atoms with Crippen molar-refractivity contribution in [1.82, 2.24) is 15.3 Å². The van der Waals surface area contributed by atoms with Crippen molar-refractivity contribution in [2.45, 2.75) is 6.04 Å². The number of carbonyl (C=O) groups is 1. The molecule has 4 nitrogen and oxygen atoms in total. The number of imidazole rings is 1. The van der Waals surface area contributed by atoms with Crippen LogP contribution >= 0.6 is 0 Å². The van der Waals surface area contributed by atoms with Crippen LogP contribution in [-0.2, 0) is 0 Å². The number of para-hydroxylation sites is 2. The quantitative estimate of drug-likeness (QED) is 0.593. The molecule has 1 heterocycles. The number of aromatic nitrogens is 2. The standard InChI is InChI=1S/C21H17N3O/c25-21(16-11-5-2-6-12-16)24-19(15-9-3-1-4-10-15)20-22-17-13-7-8-14-18(17)23-20/h1-14,19H,(H,22,23)(H,24,25). The predicted octanol–water partition coefficient (Wildman–Crippen LogP) is 4.08. The zero-order valence-electron chi connectivity index (χ0n) is 13.5. The van der Waals surface area contributed by atoms with E-state index >= 15 is 0 Å². The number of fused-ring (bicyclic) bond motifs is 1. The van der Waals surface area contributed by atoms with Crippen molar-refractivity contribution >= 4 is 16.9 Å². The SMILES string of the molecule is O=C(NC(c1ccccc1)c1nc2ccccc2[nH]1)c1ccccc1. The summed E-state index contributed by atoms with van der Waals surface area (Å²) in [5.41, 5.74) is 3.44. The van der Waals surface area contributed by atoms with E-state index < -0.39 is 0 Å². The maximum atomic E-state index is 12.7. The second-order valence-corrected chi connectivity index (χ2v) is 5.82. The molecule has 0 fully saturated rings. The molecular formula is C21H17N3O. The van der Waals surface area contributed by atoms with Gasteiger partial charge in [0.15, 0.2) is 0 Å². The Kier molecular flexibility index (Phi) is 4.01. The van der Waals surface area contributed by atoms with Gasteiger partial charge in [-0.2, -0.15) is 0 Å². The van der Waals surface area contributed by atoms with Gasteiger partial charge in [0.1, 0.15) is 11.9 Å². The summed E-state index contributed by atoms with van der Waals surface area (Å²) in [6, 6.07) is 26.6. The number of hydrogen-bond donors (Lipinski definition) is 2. The van der Waals surface area contributed by atoms with E-state index in [1.807, 2.05) is 72.8 Å². The van der Waals surface area contributed by atoms with Crippen molar-refractivity contribution in [1.29, 1.82) is 0 Å². The molecule has 1 unspecified atom stereocenters. The second-order valence-electron chi connectivity index (χ2n) is 5.82. The van der Waals surface area contributed by atoms with E-state index in [1.54, 1.807) is 12.1 Å². The molecule has 4 heteroatoms. The van der Waals surface area contributed by atoms with E-state index in [2.05, 4.69) is 15.3 Å². The minimum Gasteiger partial charge on any atom is -0.340 e. The lowest BCUT2D eigenvalue weighted by Crippen LogP contribution is -2.30. The second kappa shape index (κ2) is 6.61. The fourth-order valence-electron chi connectivity index (χ4n) is 2.87. The number of aromatic amines is 1. The van der Waals surface area contributed by atoms with E-state index in [1.165, 1.54) is 0 Å². The lowest BCUT2D eigenvalue weighted by Gasteiger charge is -2.17. The van der Waals surface area contributed by atoms with Crippen LogP contribution in [0.2, 0.25) is 0 Å². The lowest BCUT2D eigenvalue weighted by molar-refractivity contribution is 0.0941. The zero-order chi connectivity index (χ0) is 17.1. The number of rotatable bonds is 4. The minimum absolute atomic E-state index is 0.130. The summed E-state index contributed by atoms with van der Waals surface area (Å²) < 4.78 is 0. The van der Waals surface area contributed by atoms with Crippen LogP contribution < -0.4 is 5.32 Å². The van der Waals surface area contributed by atoms with Crippen LogP contribution in [0, 0.1) is 0 Å². The van der Waals surface area contributed by atoms with Crippen LogP contribution in [0.3, 0.4) is 0 Å². The van der Waals surface area contributed by atoms with Gasteiger partial charge in [0, 0.05) is 5.56 Å². The molecule has 0 saturated carbocycles. The number of nitrogens with zero attached hydrogens (tertiary/aromatic N) is 1. The Bertz CT molecular complexity index is 960. The Morgan fingerprint density at radius 3 is 2.20 bits per heavy atom. The molecule has 0 bridgehead atoms. The van der Waals surface area contributed by atoms with Gasteiger partial charge in [-0.15, -0.1) is 0 Å². The number of benzene rings is 3. The molecule has 0 spiro atoms. The van der Waals surface area contributed by atoms with Crippen LogP contribution in [0.4, 0.5) is 0 Å². The van der Waals surface area contributed by atoms with Gasteiger partial charge in [0.25, 0.3) is 5.91 Å². The molecule has 0 radical (unpaired) electrons. The fraction of sp³-hybridized carbons (Fsp3) is 0.0476. The van der Waals surface area contributed by atoms with E-state index in [0.717, 1.165) is 22.4 Å². The first kappa shape index (κ1) is 15.1. The molecule has 122 valence electrons. The molecule has 1 atom stereocenters. The predicted molar refractivity (Wildman–Crippen MR) is 98.3 cm³/mol. The summed E-state index contributed by atoms with van der Waals surface area (Å²) in [5.74, 6) is 0.589. The summed E-state index contributed by atoms with van der Waals surface area (Å²) in [4.78, 5) is 20.7. The third-order valence-electron chi connectivity index (χ3n) is 4.13. The zero-order valence-corrected chi connectivity index (χ0v) is 13.5. The third kappa shape index (κ3) is 3.15. The largest absolute Gasteiger partial charge is 0.340 e. The molecule has 4 rings (SSSR count). The summed E-state index contributed by atoms with van der Waals surface area (Å²) >= 11 is 0. The minimum atomic E-state index is -0.346. The van der Waals surface area contributed by atoms with Gasteiger partial charge in [0.05, 0.1) is 11.0 Å². The van der Waals surface area contributed by atoms with E-state index in [-0.39, 0.29) is 11.9 Å². The molecule has 0 saturated heterocycles. The maximum absolute atomic E-state index is 12.7. The molecule has 1 amide bonds. The molecule has 2 N–H and O–H groups in total. The van der Waals surface area contributed by atoms with Crippen LogP contribution in [0.15, 0.2) is 84.9 Å². The van der Waals surface area contributed by atoms with Gasteiger partial charge in [-0.1, -0.05) is 60.7 Å². The molecule has 0 aliphatic rings. The molecule has 1 aromatic heterocycles. The van der Waals surface area contributed by atoms with E-state index in [9.17, 15) is 4.79 Å². The molecule has 0 aliphatic carbocycles. The van der Waals surface area contributed by atoms with Crippen molar-refractivity contribution in [2.75, 3.05) is 0 Å². The molecule has 25 heavy (non-hydrogen) atoms. The molecule has 0 aliphatic heterocycles. The van der Waals surface area contributed by atoms with Crippen LogP contribution in [0.5, 0.6) is 0 Å². The third-order valence-corrected chi connectivity index (χ3v) is 4.13. The highest BCUT2D eigenvalue weighted by molar-refractivity contribution is 5.94. The normalized spacial score (nSPS) is 12.0. The van der Waals surface area contributed by atoms with Gasteiger partial charge in [0.2, 0.25) is 0 Å². The summed E-state index contributed by atoms with van der Waals surface area (Å²) in [5, 5.41) is 3.09. The van der Waals surface area contributed by atoms with Crippen molar-refractivity contribution in [3.63, 3.8) is 0 Å². The number of carbonyl (C=O) groups excluding carboxylic acids is 1. The fourth-order valence-corrected chi connectivity index (χ4v) is 2.87. The Hall–Kier alpha value is -3.40. The average molecular weight is 327 g/mol. The Labute approximate surface area is 145 Å². The molecular weight excluding hydrogens is 310 g/mol. The van der Waals surface area contributed by atoms with Crippen molar-refractivity contribution in [3.05, 3.63) is 102 Å². The summed E-state index contributed by atoms with van der Waals surface area (Å²) in [6.45, 7) is 0. The lowest BCUT2D eigenvalue weighted by atomic mass is 10.1. The summed E-state index contributed by atoms with van der Waals surface area (Å²) in [7, 11) is 0. The summed E-state index contributed by atoms with van der Waals surface area (Å²) in [6.07, 6.45) is 0. The highest BCUT2D eigenvalue weighted by atomic mass is 16.1. The number of amides is 1. The van der Waals surface area contributed by atoms with E-state index in [0.29, 0.717) is 5.56 Å². The van der Waals surface area contributed by atoms with Crippen LogP contribution in [0.1, 0.15) is 27.8 Å². The first-order valence-electron chi connectivity index (χ1n) is 8.17. The monoisotopic (exact) mass is 327 g/mol. The van der Waals surface area contributed by atoms with Gasteiger partial charge < -0.3 is 10.3 Å². The van der Waals surface area contributed by atoms with Gasteiger partial charge in [-0.05, 0) is 29.8 Å². The van der Waals surface area contributed by atoms with Crippen molar-refractivity contribution in [2.24, 2.45) is 0 Å². The Balaban J connectivity index is 1.73. The number of nitrogens with one attached hydrogen (secondary N) is 2. The van der Waals surface area contributed by atoms with Gasteiger partial charge in [-0.3, -0.25) is 4.79 Å².